The third-order valence-electron chi connectivity index (χ3n) is 5.25. The highest BCUT2D eigenvalue weighted by Gasteiger charge is 2.42. The summed E-state index contributed by atoms with van der Waals surface area (Å²) in [4.78, 5) is 28.4. The lowest BCUT2D eigenvalue weighted by Crippen LogP contribution is -2.29. The molecule has 4 aromatic rings. The zero-order valence-corrected chi connectivity index (χ0v) is 16.9. The van der Waals surface area contributed by atoms with Crippen LogP contribution in [0.1, 0.15) is 33.3 Å². The maximum Gasteiger partial charge on any atom is 0.291 e. The summed E-state index contributed by atoms with van der Waals surface area (Å²) < 4.78 is 6.88. The van der Waals surface area contributed by atoms with Crippen LogP contribution in [0.5, 0.6) is 0 Å². The van der Waals surface area contributed by atoms with E-state index in [-0.39, 0.29) is 17.1 Å². The van der Waals surface area contributed by atoms with E-state index >= 15 is 0 Å². The molecule has 1 aliphatic heterocycles. The van der Waals surface area contributed by atoms with Gasteiger partial charge in [0.05, 0.1) is 17.0 Å². The fourth-order valence-corrected chi connectivity index (χ4v) is 4.17. The summed E-state index contributed by atoms with van der Waals surface area (Å²) in [5.41, 5.74) is 2.55. The molecule has 1 unspecified atom stereocenters. The van der Waals surface area contributed by atoms with Gasteiger partial charge in [-0.15, -0.1) is 0 Å². The molecule has 0 spiro atoms. The number of para-hydroxylation sites is 1. The normalized spacial score (nSPS) is 15.7. The van der Waals surface area contributed by atoms with Crippen molar-refractivity contribution < 1.29 is 9.21 Å². The van der Waals surface area contributed by atoms with Crippen LogP contribution in [0.4, 0.5) is 0 Å². The lowest BCUT2D eigenvalue weighted by molar-refractivity contribution is 0.0714. The van der Waals surface area contributed by atoms with Crippen molar-refractivity contribution in [2.24, 2.45) is 0 Å². The summed E-state index contributed by atoms with van der Waals surface area (Å²) in [5, 5.41) is 0.489. The van der Waals surface area contributed by atoms with Crippen LogP contribution in [0.3, 0.4) is 0 Å². The lowest BCUT2D eigenvalue weighted by Gasteiger charge is -2.25. The van der Waals surface area contributed by atoms with Gasteiger partial charge in [0, 0.05) is 11.0 Å². The average molecular weight is 446 g/mol. The zero-order valence-electron chi connectivity index (χ0n) is 15.3. The molecule has 0 aliphatic carbocycles. The monoisotopic (exact) mass is 445 g/mol. The molecule has 3 aromatic carbocycles. The van der Waals surface area contributed by atoms with E-state index in [9.17, 15) is 9.59 Å². The predicted octanol–water partition coefficient (Wildman–Crippen LogP) is 5.30. The summed E-state index contributed by atoms with van der Waals surface area (Å²) >= 11 is 3.45. The van der Waals surface area contributed by atoms with Gasteiger partial charge >= 0.3 is 0 Å². The van der Waals surface area contributed by atoms with Gasteiger partial charge in [-0.1, -0.05) is 70.5 Å². The van der Waals surface area contributed by atoms with Crippen molar-refractivity contribution >= 4 is 32.8 Å². The second-order valence-electron chi connectivity index (χ2n) is 7.04. The molecule has 0 N–H and O–H groups in total. The van der Waals surface area contributed by atoms with Crippen molar-refractivity contribution in [3.8, 4) is 0 Å². The second kappa shape index (κ2) is 7.01. The Kier molecular flexibility index (Phi) is 4.32. The number of hydrogen-bond donors (Lipinski definition) is 0. The van der Waals surface area contributed by atoms with Gasteiger partial charge in [-0.3, -0.25) is 9.59 Å². The van der Waals surface area contributed by atoms with Crippen LogP contribution in [0, 0.1) is 0 Å². The minimum atomic E-state index is -0.494. The number of nitrogens with zero attached hydrogens (tertiary/aromatic N) is 1. The molecule has 1 atom stereocenters. The highest BCUT2D eigenvalue weighted by atomic mass is 79.9. The van der Waals surface area contributed by atoms with Crippen LogP contribution < -0.4 is 5.43 Å². The third-order valence-corrected chi connectivity index (χ3v) is 5.78. The highest BCUT2D eigenvalue weighted by Crippen LogP contribution is 2.39. The topological polar surface area (TPSA) is 50.5 Å². The molecular formula is C24H16BrNO3. The van der Waals surface area contributed by atoms with Gasteiger partial charge in [-0.25, -0.2) is 0 Å². The maximum atomic E-state index is 13.4. The van der Waals surface area contributed by atoms with Crippen LogP contribution in [-0.2, 0) is 6.54 Å². The molecular weight excluding hydrogens is 430 g/mol. The van der Waals surface area contributed by atoms with E-state index in [0.29, 0.717) is 23.1 Å². The molecule has 1 aliphatic rings. The first-order chi connectivity index (χ1) is 14.1. The van der Waals surface area contributed by atoms with Gasteiger partial charge in [0.2, 0.25) is 5.76 Å². The number of carbonyl (C=O) groups excluding carboxylic acids is 1. The Morgan fingerprint density at radius 1 is 0.862 bits per heavy atom. The molecule has 5 rings (SSSR count). The van der Waals surface area contributed by atoms with E-state index < -0.39 is 6.04 Å². The Morgan fingerprint density at radius 2 is 1.55 bits per heavy atom. The molecule has 1 aromatic heterocycles. The molecule has 142 valence electrons. The molecule has 0 saturated heterocycles. The smallest absolute Gasteiger partial charge is 0.291 e. The number of carbonyl (C=O) groups is 1. The first-order valence-corrected chi connectivity index (χ1v) is 10.1. The van der Waals surface area contributed by atoms with Crippen LogP contribution in [0.15, 0.2) is 92.5 Å². The number of halogens is 1. The Morgan fingerprint density at radius 3 is 2.31 bits per heavy atom. The van der Waals surface area contributed by atoms with Gasteiger partial charge in [-0.05, 0) is 35.4 Å². The quantitative estimate of drug-likeness (QED) is 0.429. The Hall–Kier alpha value is -3.18. The van der Waals surface area contributed by atoms with Crippen molar-refractivity contribution in [2.75, 3.05) is 0 Å². The van der Waals surface area contributed by atoms with Crippen LogP contribution in [0.2, 0.25) is 0 Å². The van der Waals surface area contributed by atoms with Crippen LogP contribution in [0.25, 0.3) is 11.0 Å². The summed E-state index contributed by atoms with van der Waals surface area (Å²) in [5.74, 6) is -0.128. The van der Waals surface area contributed by atoms with E-state index in [1.54, 1.807) is 29.2 Å². The molecule has 0 radical (unpaired) electrons. The van der Waals surface area contributed by atoms with Crippen molar-refractivity contribution in [3.63, 3.8) is 0 Å². The summed E-state index contributed by atoms with van der Waals surface area (Å²) in [6.45, 7) is 0.389. The van der Waals surface area contributed by atoms with Crippen molar-refractivity contribution in [1.29, 1.82) is 0 Å². The molecule has 2 heterocycles. The molecule has 29 heavy (non-hydrogen) atoms. The summed E-state index contributed by atoms with van der Waals surface area (Å²) in [6.07, 6.45) is 0. The fraction of sp³-hybridized carbons (Fsp3) is 0.0833. The minimum Gasteiger partial charge on any atom is -0.450 e. The fourth-order valence-electron chi connectivity index (χ4n) is 3.90. The number of benzene rings is 3. The first-order valence-electron chi connectivity index (χ1n) is 9.29. The van der Waals surface area contributed by atoms with Crippen LogP contribution in [-0.4, -0.2) is 10.8 Å². The van der Waals surface area contributed by atoms with Gasteiger partial charge in [-0.2, -0.15) is 0 Å². The predicted molar refractivity (Wildman–Crippen MR) is 115 cm³/mol. The van der Waals surface area contributed by atoms with Crippen molar-refractivity contribution in [2.45, 2.75) is 12.6 Å². The van der Waals surface area contributed by atoms with E-state index in [0.717, 1.165) is 15.6 Å². The van der Waals surface area contributed by atoms with E-state index in [1.165, 1.54) is 0 Å². The standard InChI is InChI=1S/C24H16BrNO3/c25-17-12-10-16(11-13-17)21-20-22(27)18-8-4-5-9-19(18)29-23(20)24(28)26(21)14-15-6-2-1-3-7-15/h1-13,21H,14H2. The first kappa shape index (κ1) is 17.9. The maximum absolute atomic E-state index is 13.4. The number of amides is 1. The molecule has 5 heteroatoms. The van der Waals surface area contributed by atoms with Gasteiger partial charge in [0.15, 0.2) is 5.43 Å². The summed E-state index contributed by atoms with van der Waals surface area (Å²) in [7, 11) is 0. The van der Waals surface area contributed by atoms with E-state index in [1.807, 2.05) is 54.6 Å². The number of hydrogen-bond acceptors (Lipinski definition) is 3. The second-order valence-corrected chi connectivity index (χ2v) is 7.96. The van der Waals surface area contributed by atoms with Crippen LogP contribution >= 0.6 is 15.9 Å². The zero-order chi connectivity index (χ0) is 20.0. The molecule has 0 bridgehead atoms. The minimum absolute atomic E-state index is 0.137. The van der Waals surface area contributed by atoms with E-state index in [4.69, 9.17) is 4.42 Å². The van der Waals surface area contributed by atoms with E-state index in [2.05, 4.69) is 15.9 Å². The van der Waals surface area contributed by atoms with Crippen molar-refractivity contribution in [3.05, 3.63) is 116 Å². The molecule has 0 fully saturated rings. The largest absolute Gasteiger partial charge is 0.450 e. The summed E-state index contributed by atoms with van der Waals surface area (Å²) in [6, 6.07) is 24.0. The average Bonchev–Trinajstić information content (AvgIpc) is 3.02. The molecule has 4 nitrogen and oxygen atoms in total. The molecule has 1 amide bonds. The molecule has 0 saturated carbocycles. The Labute approximate surface area is 175 Å². The van der Waals surface area contributed by atoms with Gasteiger partial charge < -0.3 is 9.32 Å². The van der Waals surface area contributed by atoms with Gasteiger partial charge in [0.25, 0.3) is 5.91 Å². The highest BCUT2D eigenvalue weighted by molar-refractivity contribution is 9.10. The number of rotatable bonds is 3. The van der Waals surface area contributed by atoms with Crippen molar-refractivity contribution in [1.82, 2.24) is 4.90 Å². The number of fused-ring (bicyclic) bond motifs is 2. The Bertz CT molecular complexity index is 1280. The third kappa shape index (κ3) is 2.98. The van der Waals surface area contributed by atoms with Gasteiger partial charge in [0.1, 0.15) is 5.58 Å². The SMILES string of the molecule is O=C1c2oc3ccccc3c(=O)c2C(c2ccc(Br)cc2)N1Cc1ccccc1. The Balaban J connectivity index is 1.73. The lowest BCUT2D eigenvalue weighted by atomic mass is 9.98.